The minimum absolute atomic E-state index is 0.0438. The topological polar surface area (TPSA) is 81.7 Å². The number of aliphatic hydroxyl groups excluding tert-OH is 1. The van der Waals surface area contributed by atoms with Gasteiger partial charge in [-0.2, -0.15) is 0 Å². The Morgan fingerprint density at radius 1 is 1.29 bits per heavy atom. The third kappa shape index (κ3) is 6.98. The standard InChI is InChI=1S/C27H38N4O3S/c1-4-34-18-21(32)15-31(12-10-19(2)3)17-24-28-26(33)25-22-11-13-30(14-20-8-6-5-7-9-20)16-23(22)35-27(25)29-24/h5-9,19,21,32H,4,10-18H2,1-3H3,(H,28,29,33). The number of fused-ring (bicyclic) bond motifs is 3. The van der Waals surface area contributed by atoms with Crippen LogP contribution in [0.25, 0.3) is 10.2 Å². The third-order valence-corrected chi connectivity index (χ3v) is 7.58. The van der Waals surface area contributed by atoms with E-state index in [4.69, 9.17) is 9.72 Å². The van der Waals surface area contributed by atoms with Crippen LogP contribution >= 0.6 is 11.3 Å². The Morgan fingerprint density at radius 2 is 2.09 bits per heavy atom. The molecule has 0 amide bonds. The normalized spacial score (nSPS) is 15.3. The van der Waals surface area contributed by atoms with Gasteiger partial charge in [0.05, 0.1) is 24.6 Å². The van der Waals surface area contributed by atoms with Gasteiger partial charge >= 0.3 is 0 Å². The SMILES string of the molecule is CCOCC(O)CN(CCC(C)C)Cc1nc2sc3c(c2c(=O)[nH]1)CCN(Cc1ccccc1)C3. The van der Waals surface area contributed by atoms with Crippen molar-refractivity contribution in [2.45, 2.75) is 59.4 Å². The van der Waals surface area contributed by atoms with Gasteiger partial charge in [-0.15, -0.1) is 11.3 Å². The quantitative estimate of drug-likeness (QED) is 0.395. The van der Waals surface area contributed by atoms with E-state index in [-0.39, 0.29) is 5.56 Å². The van der Waals surface area contributed by atoms with E-state index < -0.39 is 6.10 Å². The molecule has 2 N–H and O–H groups in total. The Balaban J connectivity index is 1.50. The first-order valence-electron chi connectivity index (χ1n) is 12.7. The van der Waals surface area contributed by atoms with Crippen molar-refractivity contribution in [3.63, 3.8) is 0 Å². The van der Waals surface area contributed by atoms with Gasteiger partial charge in [-0.25, -0.2) is 4.98 Å². The van der Waals surface area contributed by atoms with Crippen molar-refractivity contribution in [2.24, 2.45) is 5.92 Å². The molecule has 0 spiro atoms. The molecule has 190 valence electrons. The van der Waals surface area contributed by atoms with Gasteiger partial charge in [0.1, 0.15) is 10.7 Å². The number of aliphatic hydroxyl groups is 1. The van der Waals surface area contributed by atoms with Crippen LogP contribution in [0.1, 0.15) is 49.0 Å². The van der Waals surface area contributed by atoms with E-state index in [9.17, 15) is 9.90 Å². The van der Waals surface area contributed by atoms with Crippen molar-refractivity contribution in [1.82, 2.24) is 19.8 Å². The van der Waals surface area contributed by atoms with E-state index in [1.54, 1.807) is 11.3 Å². The summed E-state index contributed by atoms with van der Waals surface area (Å²) in [6, 6.07) is 10.5. The molecule has 1 aliphatic rings. The average molecular weight is 499 g/mol. The molecule has 0 bridgehead atoms. The van der Waals surface area contributed by atoms with Gasteiger partial charge in [-0.05, 0) is 43.4 Å². The summed E-state index contributed by atoms with van der Waals surface area (Å²) in [7, 11) is 0. The number of nitrogens with zero attached hydrogens (tertiary/aromatic N) is 3. The Morgan fingerprint density at radius 3 is 2.83 bits per heavy atom. The predicted molar refractivity (Wildman–Crippen MR) is 142 cm³/mol. The van der Waals surface area contributed by atoms with Crippen LogP contribution in [0.2, 0.25) is 0 Å². The van der Waals surface area contributed by atoms with E-state index in [2.05, 4.69) is 52.9 Å². The zero-order valence-electron chi connectivity index (χ0n) is 21.1. The summed E-state index contributed by atoms with van der Waals surface area (Å²) < 4.78 is 5.39. The van der Waals surface area contributed by atoms with Crippen molar-refractivity contribution in [1.29, 1.82) is 0 Å². The second-order valence-electron chi connectivity index (χ2n) is 9.87. The monoisotopic (exact) mass is 498 g/mol. The fourth-order valence-corrected chi connectivity index (χ4v) is 5.92. The lowest BCUT2D eigenvalue weighted by atomic mass is 10.0. The Kier molecular flexibility index (Phi) is 9.08. The molecule has 3 aromatic rings. The number of hydrogen-bond donors (Lipinski definition) is 2. The number of nitrogens with one attached hydrogen (secondary N) is 1. The molecule has 0 fully saturated rings. The van der Waals surface area contributed by atoms with Crippen LogP contribution in [0.4, 0.5) is 0 Å². The minimum atomic E-state index is -0.567. The largest absolute Gasteiger partial charge is 0.389 e. The Labute approximate surface area is 211 Å². The molecule has 4 rings (SSSR count). The molecule has 0 aliphatic carbocycles. The number of hydrogen-bond acceptors (Lipinski definition) is 7. The average Bonchev–Trinajstić information content (AvgIpc) is 3.19. The highest BCUT2D eigenvalue weighted by Crippen LogP contribution is 2.33. The Hall–Kier alpha value is -2.10. The van der Waals surface area contributed by atoms with Gasteiger partial charge in [0.2, 0.25) is 0 Å². The highest BCUT2D eigenvalue weighted by molar-refractivity contribution is 7.18. The zero-order valence-corrected chi connectivity index (χ0v) is 21.9. The lowest BCUT2D eigenvalue weighted by molar-refractivity contribution is 0.0183. The molecule has 1 atom stereocenters. The highest BCUT2D eigenvalue weighted by Gasteiger charge is 2.24. The number of rotatable bonds is 12. The minimum Gasteiger partial charge on any atom is -0.389 e. The van der Waals surface area contributed by atoms with Crippen molar-refractivity contribution in [2.75, 3.05) is 32.8 Å². The highest BCUT2D eigenvalue weighted by atomic mass is 32.1. The molecular formula is C27H38N4O3S. The molecule has 3 heterocycles. The molecule has 8 heteroatoms. The number of thiophene rings is 1. The van der Waals surface area contributed by atoms with E-state index in [1.807, 2.05) is 13.0 Å². The van der Waals surface area contributed by atoms with Gasteiger partial charge in [-0.3, -0.25) is 14.6 Å². The second-order valence-corrected chi connectivity index (χ2v) is 11.0. The van der Waals surface area contributed by atoms with E-state index in [0.29, 0.717) is 38.0 Å². The van der Waals surface area contributed by atoms with E-state index in [0.717, 1.165) is 49.2 Å². The molecule has 0 radical (unpaired) electrons. The van der Waals surface area contributed by atoms with Gasteiger partial charge < -0.3 is 14.8 Å². The molecule has 1 aromatic carbocycles. The van der Waals surface area contributed by atoms with Gasteiger partial charge in [-0.1, -0.05) is 44.2 Å². The lowest BCUT2D eigenvalue weighted by Gasteiger charge is -2.26. The Bertz CT molecular complexity index is 1140. The molecule has 0 saturated heterocycles. The summed E-state index contributed by atoms with van der Waals surface area (Å²) in [5.41, 5.74) is 2.43. The summed E-state index contributed by atoms with van der Waals surface area (Å²) in [5, 5.41) is 11.2. The smallest absolute Gasteiger partial charge is 0.259 e. The first-order valence-corrected chi connectivity index (χ1v) is 13.5. The summed E-state index contributed by atoms with van der Waals surface area (Å²) in [5.74, 6) is 1.22. The molecule has 1 unspecified atom stereocenters. The number of H-pyrrole nitrogens is 1. The van der Waals surface area contributed by atoms with Crippen molar-refractivity contribution in [3.05, 3.63) is 62.5 Å². The van der Waals surface area contributed by atoms with Gasteiger partial charge in [0.25, 0.3) is 5.56 Å². The fraction of sp³-hybridized carbons (Fsp3) is 0.556. The number of aromatic nitrogens is 2. The molecular weight excluding hydrogens is 460 g/mol. The van der Waals surface area contributed by atoms with Gasteiger partial charge in [0.15, 0.2) is 0 Å². The molecule has 2 aromatic heterocycles. The van der Waals surface area contributed by atoms with Crippen LogP contribution in [0.5, 0.6) is 0 Å². The van der Waals surface area contributed by atoms with Crippen LogP contribution in [-0.2, 0) is 30.8 Å². The third-order valence-electron chi connectivity index (χ3n) is 6.47. The molecule has 7 nitrogen and oxygen atoms in total. The van der Waals surface area contributed by atoms with E-state index >= 15 is 0 Å². The van der Waals surface area contributed by atoms with E-state index in [1.165, 1.54) is 16.0 Å². The first-order chi connectivity index (χ1) is 16.9. The first kappa shape index (κ1) is 26.0. The van der Waals surface area contributed by atoms with Crippen LogP contribution < -0.4 is 5.56 Å². The van der Waals surface area contributed by atoms with Crippen LogP contribution in [0.15, 0.2) is 35.1 Å². The predicted octanol–water partition coefficient (Wildman–Crippen LogP) is 3.79. The van der Waals surface area contributed by atoms with Crippen molar-refractivity contribution in [3.8, 4) is 0 Å². The second kappa shape index (κ2) is 12.2. The maximum atomic E-state index is 13.1. The summed E-state index contributed by atoms with van der Waals surface area (Å²) in [6.45, 7) is 11.7. The number of ether oxygens (including phenoxy) is 1. The maximum absolute atomic E-state index is 13.1. The summed E-state index contributed by atoms with van der Waals surface area (Å²) >= 11 is 1.65. The number of aromatic amines is 1. The molecule has 1 aliphatic heterocycles. The summed E-state index contributed by atoms with van der Waals surface area (Å²) in [4.78, 5) is 27.7. The molecule has 35 heavy (non-hydrogen) atoms. The van der Waals surface area contributed by atoms with Crippen LogP contribution in [-0.4, -0.2) is 63.8 Å². The number of benzene rings is 1. The summed E-state index contributed by atoms with van der Waals surface area (Å²) in [6.07, 6.45) is 1.32. The maximum Gasteiger partial charge on any atom is 0.259 e. The van der Waals surface area contributed by atoms with Crippen LogP contribution in [0, 0.1) is 5.92 Å². The van der Waals surface area contributed by atoms with Crippen molar-refractivity contribution >= 4 is 21.6 Å². The van der Waals surface area contributed by atoms with Crippen molar-refractivity contribution < 1.29 is 9.84 Å². The molecule has 0 saturated carbocycles. The lowest BCUT2D eigenvalue weighted by Crippen LogP contribution is -2.36. The fourth-order valence-electron chi connectivity index (χ4n) is 4.64. The van der Waals surface area contributed by atoms with Crippen LogP contribution in [0.3, 0.4) is 0 Å². The van der Waals surface area contributed by atoms with Gasteiger partial charge in [0, 0.05) is 37.7 Å². The zero-order chi connectivity index (χ0) is 24.8.